The van der Waals surface area contributed by atoms with E-state index in [0.29, 0.717) is 0 Å². The summed E-state index contributed by atoms with van der Waals surface area (Å²) in [6.07, 6.45) is 0.287. The largest absolute Gasteiger partial charge is 0.321 e. The van der Waals surface area contributed by atoms with E-state index in [1.54, 1.807) is 0 Å². The lowest BCUT2D eigenvalue weighted by Crippen LogP contribution is -2.33. The van der Waals surface area contributed by atoms with Crippen molar-refractivity contribution >= 4 is 5.78 Å². The van der Waals surface area contributed by atoms with Crippen LogP contribution in [0.4, 0.5) is 8.78 Å². The van der Waals surface area contributed by atoms with Gasteiger partial charge in [0.05, 0.1) is 11.6 Å². The van der Waals surface area contributed by atoms with Crippen LogP contribution >= 0.6 is 0 Å². The first-order chi connectivity index (χ1) is 9.09. The van der Waals surface area contributed by atoms with E-state index in [2.05, 4.69) is 0 Å². The zero-order chi connectivity index (χ0) is 13.8. The molecule has 2 nitrogen and oxygen atoms in total. The molecule has 1 atom stereocenters. The first-order valence-electron chi connectivity index (χ1n) is 5.87. The van der Waals surface area contributed by atoms with Gasteiger partial charge in [0.1, 0.15) is 0 Å². The maximum absolute atomic E-state index is 13.5. The lowest BCUT2D eigenvalue weighted by molar-refractivity contribution is 0.0956. The van der Waals surface area contributed by atoms with Crippen molar-refractivity contribution in [2.45, 2.75) is 12.5 Å². The van der Waals surface area contributed by atoms with E-state index in [1.165, 1.54) is 12.1 Å². The van der Waals surface area contributed by atoms with Crippen LogP contribution in [0.15, 0.2) is 48.5 Å². The summed E-state index contributed by atoms with van der Waals surface area (Å²) < 4.78 is 26.6. The minimum absolute atomic E-state index is 0.287. The molecular formula is C15H13F2NO. The summed E-state index contributed by atoms with van der Waals surface area (Å²) >= 11 is 0. The predicted molar refractivity (Wildman–Crippen MR) is 68.8 cm³/mol. The van der Waals surface area contributed by atoms with E-state index in [9.17, 15) is 13.6 Å². The van der Waals surface area contributed by atoms with Gasteiger partial charge in [0.25, 0.3) is 0 Å². The summed E-state index contributed by atoms with van der Waals surface area (Å²) in [7, 11) is 0. The first kappa shape index (κ1) is 13.4. The second-order valence-corrected chi connectivity index (χ2v) is 4.26. The molecule has 1 unspecified atom stereocenters. The van der Waals surface area contributed by atoms with Gasteiger partial charge in [-0.25, -0.2) is 8.78 Å². The van der Waals surface area contributed by atoms with Crippen molar-refractivity contribution in [3.8, 4) is 0 Å². The van der Waals surface area contributed by atoms with Gasteiger partial charge in [-0.3, -0.25) is 4.79 Å². The molecule has 0 amide bonds. The quantitative estimate of drug-likeness (QED) is 0.860. The molecule has 0 radical (unpaired) electrons. The molecule has 0 saturated heterocycles. The maximum atomic E-state index is 13.5. The molecule has 0 aromatic heterocycles. The molecule has 19 heavy (non-hydrogen) atoms. The van der Waals surface area contributed by atoms with Crippen molar-refractivity contribution in [2.24, 2.45) is 5.73 Å². The standard InChI is InChI=1S/C15H13F2NO/c16-12-8-4-7-11(14(12)17)15(19)13(18)9-10-5-2-1-3-6-10/h1-8,13H,9,18H2. The van der Waals surface area contributed by atoms with Crippen LogP contribution < -0.4 is 5.73 Å². The van der Waals surface area contributed by atoms with Gasteiger partial charge in [-0.05, 0) is 24.1 Å². The number of nitrogens with two attached hydrogens (primary N) is 1. The smallest absolute Gasteiger partial charge is 0.182 e. The van der Waals surface area contributed by atoms with Crippen LogP contribution in [0.25, 0.3) is 0 Å². The zero-order valence-corrected chi connectivity index (χ0v) is 10.1. The van der Waals surface area contributed by atoms with Crippen molar-refractivity contribution < 1.29 is 13.6 Å². The fraction of sp³-hybridized carbons (Fsp3) is 0.133. The van der Waals surface area contributed by atoms with Crippen LogP contribution in [0.5, 0.6) is 0 Å². The summed E-state index contributed by atoms with van der Waals surface area (Å²) in [6, 6.07) is 11.8. The Bertz CT molecular complexity index is 584. The first-order valence-corrected chi connectivity index (χ1v) is 5.87. The van der Waals surface area contributed by atoms with E-state index >= 15 is 0 Å². The van der Waals surface area contributed by atoms with Gasteiger partial charge in [-0.15, -0.1) is 0 Å². The molecular weight excluding hydrogens is 248 g/mol. The molecule has 0 fully saturated rings. The Morgan fingerprint density at radius 3 is 2.42 bits per heavy atom. The Labute approximate surface area is 109 Å². The van der Waals surface area contributed by atoms with Crippen molar-refractivity contribution in [1.29, 1.82) is 0 Å². The monoisotopic (exact) mass is 261 g/mol. The van der Waals surface area contributed by atoms with Crippen LogP contribution in [0.2, 0.25) is 0 Å². The summed E-state index contributed by atoms with van der Waals surface area (Å²) in [5, 5.41) is 0. The summed E-state index contributed by atoms with van der Waals surface area (Å²) in [5.41, 5.74) is 6.33. The molecule has 0 aliphatic carbocycles. The van der Waals surface area contributed by atoms with E-state index in [1.807, 2.05) is 30.3 Å². The SMILES string of the molecule is NC(Cc1ccccc1)C(=O)c1cccc(F)c1F. The summed E-state index contributed by atoms with van der Waals surface area (Å²) in [6.45, 7) is 0. The fourth-order valence-electron chi connectivity index (χ4n) is 1.85. The Hall–Kier alpha value is -2.07. The van der Waals surface area contributed by atoms with E-state index < -0.39 is 23.5 Å². The van der Waals surface area contributed by atoms with Gasteiger partial charge >= 0.3 is 0 Å². The van der Waals surface area contributed by atoms with Gasteiger partial charge in [0, 0.05) is 0 Å². The number of hydrogen-bond acceptors (Lipinski definition) is 2. The van der Waals surface area contributed by atoms with Crippen molar-refractivity contribution in [3.63, 3.8) is 0 Å². The van der Waals surface area contributed by atoms with Crippen LogP contribution in [-0.4, -0.2) is 11.8 Å². The molecule has 2 rings (SSSR count). The van der Waals surface area contributed by atoms with Crippen LogP contribution in [0.3, 0.4) is 0 Å². The number of carbonyl (C=O) groups is 1. The average molecular weight is 261 g/mol. The molecule has 0 aliphatic rings. The molecule has 0 bridgehead atoms. The average Bonchev–Trinajstić information content (AvgIpc) is 2.42. The lowest BCUT2D eigenvalue weighted by atomic mass is 9.98. The number of carbonyl (C=O) groups excluding carboxylic acids is 1. The lowest BCUT2D eigenvalue weighted by Gasteiger charge is -2.11. The summed E-state index contributed by atoms with van der Waals surface area (Å²) in [5.74, 6) is -2.78. The molecule has 2 N–H and O–H groups in total. The third-order valence-corrected chi connectivity index (χ3v) is 2.85. The number of ketones is 1. The highest BCUT2D eigenvalue weighted by Gasteiger charge is 2.21. The number of benzene rings is 2. The predicted octanol–water partition coefficient (Wildman–Crippen LogP) is 2.72. The Balaban J connectivity index is 2.18. The molecule has 98 valence electrons. The van der Waals surface area contributed by atoms with E-state index in [0.717, 1.165) is 11.6 Å². The molecule has 2 aromatic rings. The molecule has 2 aromatic carbocycles. The third-order valence-electron chi connectivity index (χ3n) is 2.85. The molecule has 0 heterocycles. The normalized spacial score (nSPS) is 12.2. The Kier molecular flexibility index (Phi) is 4.02. The van der Waals surface area contributed by atoms with Gasteiger partial charge in [0.2, 0.25) is 0 Å². The number of hydrogen-bond donors (Lipinski definition) is 1. The number of Topliss-reactive ketones (excluding diaryl/α,β-unsaturated/α-hetero) is 1. The summed E-state index contributed by atoms with van der Waals surface area (Å²) in [4.78, 5) is 12.0. The topological polar surface area (TPSA) is 43.1 Å². The maximum Gasteiger partial charge on any atom is 0.182 e. The molecule has 0 aliphatic heterocycles. The van der Waals surface area contributed by atoms with E-state index in [-0.39, 0.29) is 12.0 Å². The second-order valence-electron chi connectivity index (χ2n) is 4.26. The third kappa shape index (κ3) is 3.03. The highest BCUT2D eigenvalue weighted by atomic mass is 19.2. The van der Waals surface area contributed by atoms with Crippen molar-refractivity contribution in [2.75, 3.05) is 0 Å². The van der Waals surface area contributed by atoms with Gasteiger partial charge in [-0.2, -0.15) is 0 Å². The second kappa shape index (κ2) is 5.71. The van der Waals surface area contributed by atoms with Gasteiger partial charge < -0.3 is 5.73 Å². The Morgan fingerprint density at radius 2 is 1.74 bits per heavy atom. The van der Waals surface area contributed by atoms with Crippen molar-refractivity contribution in [1.82, 2.24) is 0 Å². The highest BCUT2D eigenvalue weighted by molar-refractivity contribution is 6.00. The minimum Gasteiger partial charge on any atom is -0.321 e. The van der Waals surface area contributed by atoms with Crippen LogP contribution in [0.1, 0.15) is 15.9 Å². The zero-order valence-electron chi connectivity index (χ0n) is 10.1. The Morgan fingerprint density at radius 1 is 1.05 bits per heavy atom. The highest BCUT2D eigenvalue weighted by Crippen LogP contribution is 2.14. The van der Waals surface area contributed by atoms with Crippen LogP contribution in [-0.2, 0) is 6.42 Å². The molecule has 4 heteroatoms. The molecule has 0 spiro atoms. The van der Waals surface area contributed by atoms with Gasteiger partial charge in [0.15, 0.2) is 17.4 Å². The van der Waals surface area contributed by atoms with E-state index in [4.69, 9.17) is 5.73 Å². The van der Waals surface area contributed by atoms with Crippen LogP contribution in [0, 0.1) is 11.6 Å². The van der Waals surface area contributed by atoms with Crippen molar-refractivity contribution in [3.05, 3.63) is 71.3 Å². The van der Waals surface area contributed by atoms with Gasteiger partial charge in [-0.1, -0.05) is 36.4 Å². The number of halogens is 2. The fourth-order valence-corrected chi connectivity index (χ4v) is 1.85. The molecule has 0 saturated carbocycles. The number of rotatable bonds is 4. The minimum atomic E-state index is -1.14.